The van der Waals surface area contributed by atoms with Gasteiger partial charge >= 0.3 is 0 Å². The van der Waals surface area contributed by atoms with Gasteiger partial charge in [-0.2, -0.15) is 4.37 Å². The molecule has 1 aromatic carbocycles. The summed E-state index contributed by atoms with van der Waals surface area (Å²) >= 11 is 1.44. The number of nitrogens with zero attached hydrogens (tertiary/aromatic N) is 7. The molecule has 13 heteroatoms. The summed E-state index contributed by atoms with van der Waals surface area (Å²) in [5.74, 6) is -0.654. The molecule has 42 heavy (non-hydrogen) atoms. The summed E-state index contributed by atoms with van der Waals surface area (Å²) in [5, 5.41) is 6.26. The Hall–Kier alpha value is -3.94. The summed E-state index contributed by atoms with van der Waals surface area (Å²) < 4.78 is 34.5. The highest BCUT2D eigenvalue weighted by Gasteiger charge is 2.27. The Morgan fingerprint density at radius 2 is 2.05 bits per heavy atom. The molecule has 5 aromatic rings. The van der Waals surface area contributed by atoms with E-state index < -0.39 is 11.6 Å². The second kappa shape index (κ2) is 10.4. The number of piperidine rings is 1. The van der Waals surface area contributed by atoms with Crippen LogP contribution in [0.2, 0.25) is 0 Å². The first-order valence-electron chi connectivity index (χ1n) is 14.0. The molecule has 0 bridgehead atoms. The SMILES string of the molecule is Cc1cn2c(C3=CN(Cc4nc5c(F)c(F)ccc5[nH]4)NC3)cnc2c(Nc2cc(CN3CCCC(C)(C)C3)ns2)n1. The van der Waals surface area contributed by atoms with E-state index in [1.165, 1.54) is 30.4 Å². The predicted molar refractivity (Wildman–Crippen MR) is 159 cm³/mol. The van der Waals surface area contributed by atoms with Crippen LogP contribution in [-0.2, 0) is 13.1 Å². The van der Waals surface area contributed by atoms with Crippen LogP contribution in [0.4, 0.5) is 19.6 Å². The third-order valence-corrected chi connectivity index (χ3v) is 8.55. The first-order valence-corrected chi connectivity index (χ1v) is 14.8. The molecule has 1 fully saturated rings. The Morgan fingerprint density at radius 1 is 1.17 bits per heavy atom. The number of halogens is 2. The van der Waals surface area contributed by atoms with Gasteiger partial charge in [-0.3, -0.25) is 9.30 Å². The molecule has 10 nitrogen and oxygen atoms in total. The van der Waals surface area contributed by atoms with E-state index in [0.29, 0.717) is 35.7 Å². The molecule has 0 aliphatic carbocycles. The van der Waals surface area contributed by atoms with Gasteiger partial charge in [-0.15, -0.1) is 0 Å². The standard InChI is InChI=1S/C29H32F2N10S/c1-17-12-41-22(18-10-33-40(13-18)15-23-35-21-6-5-20(30)25(31)26(21)36-23)11-32-28(41)27(34-17)37-24-9-19(38-42-24)14-39-8-4-7-29(2,3)16-39/h5-6,9,11-13,33H,4,7-8,10,14-16H2,1-3H3,(H,34,37)(H,35,36). The van der Waals surface area contributed by atoms with Crippen molar-refractivity contribution < 1.29 is 8.78 Å². The van der Waals surface area contributed by atoms with Crippen molar-refractivity contribution in [3.8, 4) is 0 Å². The van der Waals surface area contributed by atoms with Gasteiger partial charge in [0.05, 0.1) is 35.3 Å². The minimum Gasteiger partial charge on any atom is -0.340 e. The van der Waals surface area contributed by atoms with Gasteiger partial charge in [0.2, 0.25) is 0 Å². The van der Waals surface area contributed by atoms with Crippen molar-refractivity contribution in [2.24, 2.45) is 5.41 Å². The third-order valence-electron chi connectivity index (χ3n) is 7.81. The molecule has 0 spiro atoms. The number of aryl methyl sites for hydroxylation is 1. The van der Waals surface area contributed by atoms with Crippen LogP contribution in [0.25, 0.3) is 22.3 Å². The summed E-state index contributed by atoms with van der Waals surface area (Å²) in [6.07, 6.45) is 8.28. The molecular formula is C29H32F2N10S. The van der Waals surface area contributed by atoms with Gasteiger partial charge in [0.1, 0.15) is 16.3 Å². The molecule has 0 atom stereocenters. The highest BCUT2D eigenvalue weighted by Crippen LogP contribution is 2.31. The molecule has 2 aliphatic heterocycles. The van der Waals surface area contributed by atoms with Gasteiger partial charge in [-0.25, -0.2) is 29.2 Å². The molecule has 2 aliphatic rings. The van der Waals surface area contributed by atoms with Crippen LogP contribution in [0.15, 0.2) is 36.8 Å². The van der Waals surface area contributed by atoms with E-state index in [1.54, 1.807) is 0 Å². The number of hydrogen-bond acceptors (Lipinski definition) is 9. The summed E-state index contributed by atoms with van der Waals surface area (Å²) in [7, 11) is 0. The summed E-state index contributed by atoms with van der Waals surface area (Å²) in [4.78, 5) is 19.3. The zero-order valence-corrected chi connectivity index (χ0v) is 24.5. The third kappa shape index (κ3) is 5.23. The minimum absolute atomic E-state index is 0.00157. The number of likely N-dealkylation sites (tertiary alicyclic amines) is 1. The number of imidazole rings is 2. The van der Waals surface area contributed by atoms with Gasteiger partial charge in [0.25, 0.3) is 0 Å². The number of nitrogens with one attached hydrogen (secondary N) is 3. The largest absolute Gasteiger partial charge is 0.340 e. The van der Waals surface area contributed by atoms with Gasteiger partial charge in [0, 0.05) is 37.6 Å². The van der Waals surface area contributed by atoms with E-state index in [4.69, 9.17) is 14.3 Å². The molecule has 0 amide bonds. The minimum atomic E-state index is -0.944. The van der Waals surface area contributed by atoms with Crippen LogP contribution in [0, 0.1) is 24.0 Å². The fraction of sp³-hybridized carbons (Fsp3) is 0.379. The Balaban J connectivity index is 1.08. The van der Waals surface area contributed by atoms with E-state index in [-0.39, 0.29) is 5.52 Å². The van der Waals surface area contributed by atoms with Crippen molar-refractivity contribution in [3.05, 3.63) is 71.3 Å². The maximum Gasteiger partial charge on any atom is 0.186 e. The molecular weight excluding hydrogens is 558 g/mol. The Labute approximate surface area is 245 Å². The number of H-pyrrole nitrogens is 1. The van der Waals surface area contributed by atoms with Crippen molar-refractivity contribution in [1.82, 2.24) is 44.0 Å². The molecule has 0 radical (unpaired) electrons. The maximum absolute atomic E-state index is 14.1. The number of fused-ring (bicyclic) bond motifs is 2. The van der Waals surface area contributed by atoms with Gasteiger partial charge < -0.3 is 15.3 Å². The number of anilines is 2. The lowest BCUT2D eigenvalue weighted by Gasteiger charge is -2.37. The van der Waals surface area contributed by atoms with Crippen LogP contribution in [0.3, 0.4) is 0 Å². The Kier molecular flexibility index (Phi) is 6.67. The summed E-state index contributed by atoms with van der Waals surface area (Å²) in [5.41, 5.74) is 8.72. The van der Waals surface area contributed by atoms with Crippen LogP contribution in [0.5, 0.6) is 0 Å². The molecule has 1 saturated heterocycles. The normalized spacial score (nSPS) is 17.5. The molecule has 0 unspecified atom stereocenters. The molecule has 218 valence electrons. The van der Waals surface area contributed by atoms with Crippen LogP contribution < -0.4 is 10.7 Å². The fourth-order valence-corrected chi connectivity index (χ4v) is 6.59. The van der Waals surface area contributed by atoms with Crippen molar-refractivity contribution in [2.75, 3.05) is 25.0 Å². The van der Waals surface area contributed by atoms with E-state index in [9.17, 15) is 8.78 Å². The highest BCUT2D eigenvalue weighted by atomic mass is 32.1. The zero-order chi connectivity index (χ0) is 29.0. The Bertz CT molecular complexity index is 1820. The second-order valence-corrected chi connectivity index (χ2v) is 12.7. The molecule has 4 aromatic heterocycles. The zero-order valence-electron chi connectivity index (χ0n) is 23.7. The van der Waals surface area contributed by atoms with Crippen molar-refractivity contribution in [1.29, 1.82) is 0 Å². The van der Waals surface area contributed by atoms with E-state index >= 15 is 0 Å². The van der Waals surface area contributed by atoms with Gasteiger partial charge in [0.15, 0.2) is 23.1 Å². The molecule has 0 saturated carbocycles. The molecule has 3 N–H and O–H groups in total. The molecule has 7 rings (SSSR count). The van der Waals surface area contributed by atoms with E-state index in [1.807, 2.05) is 34.9 Å². The number of hydrogen-bond donors (Lipinski definition) is 3. The first kappa shape index (κ1) is 26.9. The monoisotopic (exact) mass is 590 g/mol. The van der Waals surface area contributed by atoms with Crippen molar-refractivity contribution in [2.45, 2.75) is 46.7 Å². The van der Waals surface area contributed by atoms with Gasteiger partial charge in [-0.1, -0.05) is 13.8 Å². The predicted octanol–water partition coefficient (Wildman–Crippen LogP) is 5.38. The number of rotatable bonds is 7. The van der Waals surface area contributed by atoms with Crippen molar-refractivity contribution in [3.63, 3.8) is 0 Å². The smallest absolute Gasteiger partial charge is 0.186 e. The quantitative estimate of drug-likeness (QED) is 0.232. The fourth-order valence-electron chi connectivity index (χ4n) is 5.93. The average molecular weight is 591 g/mol. The topological polar surface area (TPSA) is 102 Å². The van der Waals surface area contributed by atoms with Crippen LogP contribution in [-0.4, -0.2) is 58.3 Å². The number of benzene rings is 1. The first-order chi connectivity index (χ1) is 20.2. The lowest BCUT2D eigenvalue weighted by atomic mass is 9.84. The number of aromatic amines is 1. The Morgan fingerprint density at radius 3 is 2.90 bits per heavy atom. The molecule has 6 heterocycles. The summed E-state index contributed by atoms with van der Waals surface area (Å²) in [6.45, 7) is 10.6. The maximum atomic E-state index is 14.1. The lowest BCUT2D eigenvalue weighted by Crippen LogP contribution is -2.39. The van der Waals surface area contributed by atoms with E-state index in [0.717, 1.165) is 59.0 Å². The van der Waals surface area contributed by atoms with Crippen LogP contribution in [0.1, 0.15) is 49.6 Å². The van der Waals surface area contributed by atoms with E-state index in [2.05, 4.69) is 45.5 Å². The number of hydrazine groups is 1. The lowest BCUT2D eigenvalue weighted by molar-refractivity contribution is 0.111. The second-order valence-electron chi connectivity index (χ2n) is 11.9. The van der Waals surface area contributed by atoms with Crippen LogP contribution >= 0.6 is 11.5 Å². The number of aromatic nitrogens is 6. The average Bonchev–Trinajstić information content (AvgIpc) is 3.73. The van der Waals surface area contributed by atoms with Crippen molar-refractivity contribution >= 4 is 44.6 Å². The summed E-state index contributed by atoms with van der Waals surface area (Å²) in [6, 6.07) is 4.70. The van der Waals surface area contributed by atoms with Gasteiger partial charge in [-0.05, 0) is 61.5 Å². The highest BCUT2D eigenvalue weighted by molar-refractivity contribution is 7.10.